The van der Waals surface area contributed by atoms with Crippen LogP contribution in [0, 0.1) is 0 Å². The van der Waals surface area contributed by atoms with Gasteiger partial charge in [0.2, 0.25) is 11.8 Å². The molecule has 0 saturated carbocycles. The number of amides is 2. The molecule has 6 heteroatoms. The van der Waals surface area contributed by atoms with E-state index in [9.17, 15) is 9.59 Å². The van der Waals surface area contributed by atoms with Crippen LogP contribution in [0.15, 0.2) is 78.9 Å². The second-order valence-electron chi connectivity index (χ2n) is 7.49. The van der Waals surface area contributed by atoms with Crippen LogP contribution in [-0.2, 0) is 9.59 Å². The summed E-state index contributed by atoms with van der Waals surface area (Å²) in [6.07, 6.45) is 1.47. The van der Waals surface area contributed by atoms with Crippen molar-refractivity contribution in [2.24, 2.45) is 0 Å². The molecule has 1 fully saturated rings. The molecule has 0 aliphatic carbocycles. The van der Waals surface area contributed by atoms with E-state index < -0.39 is 6.04 Å². The predicted molar refractivity (Wildman–Crippen MR) is 123 cm³/mol. The van der Waals surface area contributed by atoms with Crippen molar-refractivity contribution in [1.29, 1.82) is 0 Å². The number of nitrogens with zero attached hydrogens (tertiary/aromatic N) is 1. The Labute approximate surface area is 181 Å². The Bertz CT molecular complexity index is 1050. The van der Waals surface area contributed by atoms with Gasteiger partial charge in [-0.25, -0.2) is 0 Å². The molecule has 3 aromatic carbocycles. The summed E-state index contributed by atoms with van der Waals surface area (Å²) in [6, 6.07) is 23.9. The van der Waals surface area contributed by atoms with Crippen molar-refractivity contribution >= 4 is 28.9 Å². The molecule has 1 saturated heterocycles. The maximum atomic E-state index is 12.6. The Morgan fingerprint density at radius 3 is 2.39 bits per heavy atom. The lowest BCUT2D eigenvalue weighted by Gasteiger charge is -2.19. The zero-order chi connectivity index (χ0) is 21.6. The van der Waals surface area contributed by atoms with Crippen LogP contribution in [0.2, 0.25) is 0 Å². The highest BCUT2D eigenvalue weighted by Gasteiger charge is 2.22. The van der Waals surface area contributed by atoms with E-state index in [0.717, 1.165) is 30.1 Å². The molecule has 1 aliphatic rings. The highest BCUT2D eigenvalue weighted by atomic mass is 16.5. The molecular formula is C25H25N3O3. The third kappa shape index (κ3) is 5.22. The van der Waals surface area contributed by atoms with E-state index in [1.54, 1.807) is 11.8 Å². The third-order valence-corrected chi connectivity index (χ3v) is 5.11. The molecule has 1 aliphatic heterocycles. The van der Waals surface area contributed by atoms with E-state index in [4.69, 9.17) is 4.74 Å². The zero-order valence-corrected chi connectivity index (χ0v) is 17.4. The highest BCUT2D eigenvalue weighted by Crippen LogP contribution is 2.25. The SMILES string of the molecule is C[C@H](Nc1cccc(N2CCCC2=O)c1)C(=O)Nc1ccc(Oc2ccccc2)cc1. The number of hydrogen-bond donors (Lipinski definition) is 2. The summed E-state index contributed by atoms with van der Waals surface area (Å²) in [4.78, 5) is 26.4. The first-order valence-electron chi connectivity index (χ1n) is 10.4. The molecule has 0 bridgehead atoms. The standard InChI is InChI=1S/C25H25N3O3/c1-18(26-20-7-5-8-21(17-20)28-16-6-11-24(28)29)25(30)27-19-12-14-23(15-13-19)31-22-9-3-2-4-10-22/h2-5,7-10,12-15,17-18,26H,6,11,16H2,1H3,(H,27,30)/t18-/m0/s1. The lowest BCUT2D eigenvalue weighted by molar-refractivity contribution is -0.117. The highest BCUT2D eigenvalue weighted by molar-refractivity contribution is 5.97. The summed E-state index contributed by atoms with van der Waals surface area (Å²) in [5.74, 6) is 1.45. The van der Waals surface area contributed by atoms with Gasteiger partial charge in [0.25, 0.3) is 0 Å². The predicted octanol–water partition coefficient (Wildman–Crippen LogP) is 5.04. The Morgan fingerprint density at radius 1 is 0.935 bits per heavy atom. The van der Waals surface area contributed by atoms with Gasteiger partial charge in [-0.15, -0.1) is 0 Å². The Hall–Kier alpha value is -3.80. The van der Waals surface area contributed by atoms with E-state index in [1.807, 2.05) is 78.9 Å². The average molecular weight is 415 g/mol. The van der Waals surface area contributed by atoms with Crippen LogP contribution in [0.4, 0.5) is 17.1 Å². The largest absolute Gasteiger partial charge is 0.457 e. The lowest BCUT2D eigenvalue weighted by atomic mass is 10.2. The van der Waals surface area contributed by atoms with Gasteiger partial charge >= 0.3 is 0 Å². The minimum Gasteiger partial charge on any atom is -0.457 e. The van der Waals surface area contributed by atoms with Crippen LogP contribution >= 0.6 is 0 Å². The number of ether oxygens (including phenoxy) is 1. The van der Waals surface area contributed by atoms with E-state index in [1.165, 1.54) is 0 Å². The van der Waals surface area contributed by atoms with Crippen molar-refractivity contribution in [3.8, 4) is 11.5 Å². The van der Waals surface area contributed by atoms with E-state index >= 15 is 0 Å². The summed E-state index contributed by atoms with van der Waals surface area (Å²) in [7, 11) is 0. The fourth-order valence-corrected chi connectivity index (χ4v) is 3.48. The first-order valence-corrected chi connectivity index (χ1v) is 10.4. The fraction of sp³-hybridized carbons (Fsp3) is 0.200. The lowest BCUT2D eigenvalue weighted by Crippen LogP contribution is -2.32. The van der Waals surface area contributed by atoms with Crippen LogP contribution in [0.5, 0.6) is 11.5 Å². The molecule has 3 aromatic rings. The smallest absolute Gasteiger partial charge is 0.246 e. The molecule has 1 atom stereocenters. The Morgan fingerprint density at radius 2 is 1.68 bits per heavy atom. The summed E-state index contributed by atoms with van der Waals surface area (Å²) >= 11 is 0. The molecule has 6 nitrogen and oxygen atoms in total. The van der Waals surface area contributed by atoms with Crippen molar-refractivity contribution < 1.29 is 14.3 Å². The maximum absolute atomic E-state index is 12.6. The fourth-order valence-electron chi connectivity index (χ4n) is 3.48. The summed E-state index contributed by atoms with van der Waals surface area (Å²) in [6.45, 7) is 2.54. The van der Waals surface area contributed by atoms with Gasteiger partial charge < -0.3 is 20.3 Å². The zero-order valence-electron chi connectivity index (χ0n) is 17.4. The molecule has 158 valence electrons. The number of benzene rings is 3. The minimum absolute atomic E-state index is 0.141. The molecule has 0 radical (unpaired) electrons. The quantitative estimate of drug-likeness (QED) is 0.567. The summed E-state index contributed by atoms with van der Waals surface area (Å²) in [5.41, 5.74) is 2.34. The number of carbonyl (C=O) groups excluding carboxylic acids is 2. The van der Waals surface area contributed by atoms with Gasteiger partial charge in [0, 0.05) is 30.0 Å². The van der Waals surface area contributed by atoms with E-state index in [2.05, 4.69) is 10.6 Å². The van der Waals surface area contributed by atoms with Gasteiger partial charge in [-0.3, -0.25) is 9.59 Å². The van der Waals surface area contributed by atoms with Crippen molar-refractivity contribution in [3.05, 3.63) is 78.9 Å². The second kappa shape index (κ2) is 9.34. The Balaban J connectivity index is 1.34. The van der Waals surface area contributed by atoms with E-state index in [-0.39, 0.29) is 11.8 Å². The molecule has 0 spiro atoms. The molecule has 31 heavy (non-hydrogen) atoms. The van der Waals surface area contributed by atoms with Gasteiger partial charge in [-0.1, -0.05) is 24.3 Å². The molecule has 2 amide bonds. The maximum Gasteiger partial charge on any atom is 0.246 e. The van der Waals surface area contributed by atoms with Gasteiger partial charge in [0.05, 0.1) is 0 Å². The van der Waals surface area contributed by atoms with Gasteiger partial charge in [-0.2, -0.15) is 0 Å². The number of nitrogens with one attached hydrogen (secondary N) is 2. The van der Waals surface area contributed by atoms with Crippen molar-refractivity contribution in [2.45, 2.75) is 25.8 Å². The van der Waals surface area contributed by atoms with Gasteiger partial charge in [-0.05, 0) is 67.9 Å². The van der Waals surface area contributed by atoms with Gasteiger partial charge in [0.15, 0.2) is 0 Å². The normalized spacial score (nSPS) is 14.2. The number of hydrogen-bond acceptors (Lipinski definition) is 4. The summed E-state index contributed by atoms with van der Waals surface area (Å²) in [5, 5.41) is 6.12. The van der Waals surface area contributed by atoms with Crippen LogP contribution < -0.4 is 20.3 Å². The van der Waals surface area contributed by atoms with E-state index in [0.29, 0.717) is 17.9 Å². The van der Waals surface area contributed by atoms with Crippen LogP contribution in [0.1, 0.15) is 19.8 Å². The minimum atomic E-state index is -0.454. The molecular weight excluding hydrogens is 390 g/mol. The first kappa shape index (κ1) is 20.5. The topological polar surface area (TPSA) is 70.7 Å². The number of carbonyl (C=O) groups is 2. The first-order chi connectivity index (χ1) is 15.1. The molecule has 4 rings (SSSR count). The molecule has 2 N–H and O–H groups in total. The Kier molecular flexibility index (Phi) is 6.17. The average Bonchev–Trinajstić information content (AvgIpc) is 3.22. The number of rotatable bonds is 7. The van der Waals surface area contributed by atoms with Crippen molar-refractivity contribution in [3.63, 3.8) is 0 Å². The third-order valence-electron chi connectivity index (χ3n) is 5.11. The van der Waals surface area contributed by atoms with Crippen LogP contribution in [0.25, 0.3) is 0 Å². The van der Waals surface area contributed by atoms with Crippen molar-refractivity contribution in [2.75, 3.05) is 22.1 Å². The van der Waals surface area contributed by atoms with Crippen LogP contribution in [-0.4, -0.2) is 24.4 Å². The molecule has 0 aromatic heterocycles. The summed E-state index contributed by atoms with van der Waals surface area (Å²) < 4.78 is 5.77. The monoisotopic (exact) mass is 415 g/mol. The molecule has 0 unspecified atom stereocenters. The van der Waals surface area contributed by atoms with Crippen LogP contribution in [0.3, 0.4) is 0 Å². The second-order valence-corrected chi connectivity index (χ2v) is 7.49. The number of anilines is 3. The number of para-hydroxylation sites is 1. The van der Waals surface area contributed by atoms with Crippen molar-refractivity contribution in [1.82, 2.24) is 0 Å². The molecule has 1 heterocycles. The van der Waals surface area contributed by atoms with Gasteiger partial charge in [0.1, 0.15) is 17.5 Å².